The van der Waals surface area contributed by atoms with Crippen LogP contribution < -0.4 is 5.32 Å². The molecule has 0 heterocycles. The molecule has 0 aliphatic heterocycles. The van der Waals surface area contributed by atoms with Gasteiger partial charge in [-0.05, 0) is 25.2 Å². The number of carbonyl (C=O) groups is 1. The molecule has 1 N–H and O–H groups in total. The predicted octanol–water partition coefficient (Wildman–Crippen LogP) is 2.56. The van der Waals surface area contributed by atoms with Gasteiger partial charge in [-0.1, -0.05) is 20.8 Å². The molecule has 0 saturated heterocycles. The summed E-state index contributed by atoms with van der Waals surface area (Å²) in [7, 11) is 0. The number of rotatable bonds is 4. The lowest BCUT2D eigenvalue weighted by Gasteiger charge is -2.27. The minimum Gasteiger partial charge on any atom is -0.349 e. The Morgan fingerprint density at radius 1 is 1.64 bits per heavy atom. The maximum Gasteiger partial charge on any atom is 0.224 e. The van der Waals surface area contributed by atoms with E-state index in [1.165, 1.54) is 0 Å². The summed E-state index contributed by atoms with van der Waals surface area (Å²) >= 11 is 5.83. The zero-order valence-electron chi connectivity index (χ0n) is 9.48. The molecule has 1 aliphatic rings. The Morgan fingerprint density at radius 2 is 2.14 bits per heavy atom. The Morgan fingerprint density at radius 3 is 2.43 bits per heavy atom. The van der Waals surface area contributed by atoms with Crippen LogP contribution in [0.4, 0.5) is 0 Å². The molecule has 14 heavy (non-hydrogen) atoms. The number of halogens is 1. The van der Waals surface area contributed by atoms with Crippen LogP contribution in [0.1, 0.15) is 40.5 Å². The highest BCUT2D eigenvalue weighted by molar-refractivity contribution is 6.18. The summed E-state index contributed by atoms with van der Waals surface area (Å²) in [6.07, 6.45) is 1.87. The summed E-state index contributed by atoms with van der Waals surface area (Å²) in [6.45, 7) is 8.29. The fraction of sp³-hybridized carbons (Fsp3) is 0.909. The van der Waals surface area contributed by atoms with Gasteiger partial charge in [0, 0.05) is 11.8 Å². The van der Waals surface area contributed by atoms with Gasteiger partial charge in [0.05, 0.1) is 5.54 Å². The lowest BCUT2D eigenvalue weighted by Crippen LogP contribution is -2.48. The second-order valence-corrected chi connectivity index (χ2v) is 5.55. The number of hydrogen-bond donors (Lipinski definition) is 1. The number of amides is 1. The Balaban J connectivity index is 2.49. The van der Waals surface area contributed by atoms with E-state index in [1.54, 1.807) is 0 Å². The van der Waals surface area contributed by atoms with Crippen molar-refractivity contribution in [2.45, 2.75) is 46.1 Å². The topological polar surface area (TPSA) is 29.1 Å². The molecule has 2 nitrogen and oxygen atoms in total. The van der Waals surface area contributed by atoms with E-state index in [0.717, 1.165) is 12.8 Å². The summed E-state index contributed by atoms with van der Waals surface area (Å²) in [5.74, 6) is 0.833. The smallest absolute Gasteiger partial charge is 0.224 e. The summed E-state index contributed by atoms with van der Waals surface area (Å²) in [5.41, 5.74) is -0.0393. The van der Waals surface area contributed by atoms with Crippen LogP contribution >= 0.6 is 11.6 Å². The van der Waals surface area contributed by atoms with Crippen molar-refractivity contribution in [1.82, 2.24) is 5.32 Å². The van der Waals surface area contributed by atoms with Crippen molar-refractivity contribution in [2.24, 2.45) is 11.3 Å². The van der Waals surface area contributed by atoms with Gasteiger partial charge >= 0.3 is 0 Å². The fourth-order valence-electron chi connectivity index (χ4n) is 1.52. The Hall–Kier alpha value is -0.240. The van der Waals surface area contributed by atoms with Crippen molar-refractivity contribution >= 4 is 17.5 Å². The summed E-state index contributed by atoms with van der Waals surface area (Å²) in [4.78, 5) is 11.8. The molecule has 1 amide bonds. The average molecular weight is 218 g/mol. The molecule has 1 saturated carbocycles. The molecule has 0 aromatic rings. The Labute approximate surface area is 91.4 Å². The van der Waals surface area contributed by atoms with Gasteiger partial charge in [0.15, 0.2) is 0 Å². The van der Waals surface area contributed by atoms with Gasteiger partial charge in [-0.3, -0.25) is 4.79 Å². The molecule has 1 rings (SSSR count). The highest BCUT2D eigenvalue weighted by Crippen LogP contribution is 2.51. The first-order valence-corrected chi connectivity index (χ1v) is 5.76. The van der Waals surface area contributed by atoms with Crippen LogP contribution in [0.2, 0.25) is 0 Å². The van der Waals surface area contributed by atoms with Crippen molar-refractivity contribution in [3.05, 3.63) is 0 Å². The average Bonchev–Trinajstić information content (AvgIpc) is 2.75. The number of hydrogen-bond acceptors (Lipinski definition) is 1. The first-order valence-electron chi connectivity index (χ1n) is 5.22. The normalized spacial score (nSPS) is 27.9. The molecule has 1 aliphatic carbocycles. The zero-order chi connectivity index (χ0) is 11.0. The van der Waals surface area contributed by atoms with Crippen molar-refractivity contribution in [3.63, 3.8) is 0 Å². The maximum atomic E-state index is 11.8. The van der Waals surface area contributed by atoms with E-state index < -0.39 is 0 Å². The van der Waals surface area contributed by atoms with Crippen LogP contribution in [0.15, 0.2) is 0 Å². The number of alkyl halides is 1. The highest BCUT2D eigenvalue weighted by atomic mass is 35.5. The quantitative estimate of drug-likeness (QED) is 0.721. The SMILES string of the molecule is CCC(C)(CCl)NC(=O)C1CC1(C)C. The largest absolute Gasteiger partial charge is 0.349 e. The summed E-state index contributed by atoms with van der Waals surface area (Å²) < 4.78 is 0. The van der Waals surface area contributed by atoms with Gasteiger partial charge in [0.25, 0.3) is 0 Å². The Kier molecular flexibility index (Phi) is 3.15. The van der Waals surface area contributed by atoms with Gasteiger partial charge in [-0.15, -0.1) is 11.6 Å². The van der Waals surface area contributed by atoms with Crippen LogP contribution in [0, 0.1) is 11.3 Å². The maximum absolute atomic E-state index is 11.8. The van der Waals surface area contributed by atoms with Crippen molar-refractivity contribution in [1.29, 1.82) is 0 Å². The van der Waals surface area contributed by atoms with Crippen LogP contribution in [0.3, 0.4) is 0 Å². The molecule has 2 unspecified atom stereocenters. The van der Waals surface area contributed by atoms with E-state index in [0.29, 0.717) is 5.88 Å². The van der Waals surface area contributed by atoms with E-state index in [2.05, 4.69) is 19.2 Å². The van der Waals surface area contributed by atoms with Crippen molar-refractivity contribution < 1.29 is 4.79 Å². The lowest BCUT2D eigenvalue weighted by atomic mass is 10.0. The van der Waals surface area contributed by atoms with Gasteiger partial charge in [0.2, 0.25) is 5.91 Å². The van der Waals surface area contributed by atoms with Crippen LogP contribution in [0.25, 0.3) is 0 Å². The zero-order valence-corrected chi connectivity index (χ0v) is 10.2. The molecule has 1 fully saturated rings. The molecule has 0 bridgehead atoms. The van der Waals surface area contributed by atoms with Gasteiger partial charge < -0.3 is 5.32 Å². The molecule has 3 heteroatoms. The first-order chi connectivity index (χ1) is 6.34. The second kappa shape index (κ2) is 3.73. The third kappa shape index (κ3) is 2.41. The van der Waals surface area contributed by atoms with E-state index in [-0.39, 0.29) is 22.8 Å². The van der Waals surface area contributed by atoms with Gasteiger partial charge in [-0.2, -0.15) is 0 Å². The van der Waals surface area contributed by atoms with Crippen LogP contribution in [-0.4, -0.2) is 17.3 Å². The highest BCUT2D eigenvalue weighted by Gasteiger charge is 2.51. The third-order valence-corrected chi connectivity index (χ3v) is 3.92. The molecule has 0 aromatic carbocycles. The molecule has 82 valence electrons. The third-order valence-electron chi connectivity index (χ3n) is 3.33. The fourth-order valence-corrected chi connectivity index (χ4v) is 1.77. The second-order valence-electron chi connectivity index (χ2n) is 5.28. The van der Waals surface area contributed by atoms with E-state index in [4.69, 9.17) is 11.6 Å². The minimum absolute atomic E-state index is 0.167. The molecule has 0 radical (unpaired) electrons. The molecule has 0 spiro atoms. The molecule has 0 aromatic heterocycles. The van der Waals surface area contributed by atoms with Gasteiger partial charge in [-0.25, -0.2) is 0 Å². The predicted molar refractivity (Wildman–Crippen MR) is 59.4 cm³/mol. The molecular formula is C11H20ClNO. The van der Waals surface area contributed by atoms with Crippen LogP contribution in [0.5, 0.6) is 0 Å². The van der Waals surface area contributed by atoms with E-state index in [1.807, 2.05) is 13.8 Å². The monoisotopic (exact) mass is 217 g/mol. The minimum atomic E-state index is -0.239. The Bertz CT molecular complexity index is 233. The molecular weight excluding hydrogens is 198 g/mol. The molecule has 2 atom stereocenters. The van der Waals surface area contributed by atoms with Gasteiger partial charge in [0.1, 0.15) is 0 Å². The van der Waals surface area contributed by atoms with Crippen LogP contribution in [-0.2, 0) is 4.79 Å². The number of nitrogens with one attached hydrogen (secondary N) is 1. The lowest BCUT2D eigenvalue weighted by molar-refractivity contribution is -0.124. The summed E-state index contributed by atoms with van der Waals surface area (Å²) in [6, 6.07) is 0. The van der Waals surface area contributed by atoms with E-state index >= 15 is 0 Å². The van der Waals surface area contributed by atoms with Crippen molar-refractivity contribution in [3.8, 4) is 0 Å². The standard InChI is InChI=1S/C11H20ClNO/c1-5-11(4,7-12)13-9(14)8-6-10(8,2)3/h8H,5-7H2,1-4H3,(H,13,14). The summed E-state index contributed by atoms with van der Waals surface area (Å²) in [5, 5.41) is 3.04. The van der Waals surface area contributed by atoms with E-state index in [9.17, 15) is 4.79 Å². The first kappa shape index (κ1) is 11.8. The number of carbonyl (C=O) groups excluding carboxylic acids is 1. The van der Waals surface area contributed by atoms with Crippen molar-refractivity contribution in [2.75, 3.05) is 5.88 Å².